The molecule has 2 fully saturated rings. The standard InChI is InChI=1S/C10H15N3/c1-2-7-12(6-1)10(3-4-10)13-8-5-11-9-13/h5,8-9H,1-4,6-7H2. The van der Waals surface area contributed by atoms with E-state index >= 15 is 0 Å². The number of aromatic nitrogens is 2. The lowest BCUT2D eigenvalue weighted by Crippen LogP contribution is -2.37. The number of imidazole rings is 1. The average Bonchev–Trinajstić information content (AvgIpc) is 2.68. The molecule has 0 aromatic carbocycles. The van der Waals surface area contributed by atoms with E-state index in [4.69, 9.17) is 0 Å². The normalized spacial score (nSPS) is 26.5. The number of nitrogens with zero attached hydrogens (tertiary/aromatic N) is 3. The molecule has 2 aliphatic rings. The summed E-state index contributed by atoms with van der Waals surface area (Å²) in [5.74, 6) is 0. The Morgan fingerprint density at radius 1 is 1.15 bits per heavy atom. The Balaban J connectivity index is 1.88. The maximum Gasteiger partial charge on any atom is 0.0988 e. The van der Waals surface area contributed by atoms with Crippen molar-refractivity contribution in [2.24, 2.45) is 0 Å². The summed E-state index contributed by atoms with van der Waals surface area (Å²) in [6.07, 6.45) is 11.3. The summed E-state index contributed by atoms with van der Waals surface area (Å²) in [4.78, 5) is 6.76. The third kappa shape index (κ3) is 1.03. The Labute approximate surface area is 78.4 Å². The molecule has 1 aliphatic heterocycles. The van der Waals surface area contributed by atoms with Gasteiger partial charge < -0.3 is 4.57 Å². The number of hydrogen-bond acceptors (Lipinski definition) is 2. The highest BCUT2D eigenvalue weighted by molar-refractivity contribution is 5.02. The summed E-state index contributed by atoms with van der Waals surface area (Å²) in [6.45, 7) is 2.55. The van der Waals surface area contributed by atoms with Gasteiger partial charge in [0, 0.05) is 25.5 Å². The smallest absolute Gasteiger partial charge is 0.0988 e. The lowest BCUT2D eigenvalue weighted by Gasteiger charge is -2.28. The molecule has 0 amide bonds. The second-order valence-electron chi connectivity index (χ2n) is 4.15. The Kier molecular flexibility index (Phi) is 1.50. The molecule has 1 aromatic heterocycles. The fraction of sp³-hybridized carbons (Fsp3) is 0.700. The van der Waals surface area contributed by atoms with Crippen LogP contribution in [-0.2, 0) is 5.66 Å². The molecule has 0 bridgehead atoms. The highest BCUT2D eigenvalue weighted by atomic mass is 15.4. The highest BCUT2D eigenvalue weighted by Gasteiger charge is 2.49. The van der Waals surface area contributed by atoms with Crippen LogP contribution in [0.25, 0.3) is 0 Å². The van der Waals surface area contributed by atoms with Crippen molar-refractivity contribution in [2.75, 3.05) is 13.1 Å². The molecule has 13 heavy (non-hydrogen) atoms. The predicted molar refractivity (Wildman–Crippen MR) is 50.2 cm³/mol. The van der Waals surface area contributed by atoms with Crippen molar-refractivity contribution in [3.8, 4) is 0 Å². The summed E-state index contributed by atoms with van der Waals surface area (Å²) >= 11 is 0. The van der Waals surface area contributed by atoms with Gasteiger partial charge in [0.1, 0.15) is 0 Å². The fourth-order valence-electron chi connectivity index (χ4n) is 2.49. The van der Waals surface area contributed by atoms with E-state index in [0.29, 0.717) is 5.66 Å². The van der Waals surface area contributed by atoms with Crippen molar-refractivity contribution >= 4 is 0 Å². The van der Waals surface area contributed by atoms with Gasteiger partial charge in [0.25, 0.3) is 0 Å². The summed E-state index contributed by atoms with van der Waals surface area (Å²) in [6, 6.07) is 0. The fourth-order valence-corrected chi connectivity index (χ4v) is 2.49. The summed E-state index contributed by atoms with van der Waals surface area (Å²) in [7, 11) is 0. The van der Waals surface area contributed by atoms with Gasteiger partial charge in [0.05, 0.1) is 12.0 Å². The van der Waals surface area contributed by atoms with Crippen molar-refractivity contribution < 1.29 is 0 Å². The van der Waals surface area contributed by atoms with E-state index in [1.165, 1.54) is 38.8 Å². The van der Waals surface area contributed by atoms with Crippen LogP contribution in [0, 0.1) is 0 Å². The molecule has 1 saturated heterocycles. The molecule has 2 heterocycles. The van der Waals surface area contributed by atoms with Crippen LogP contribution < -0.4 is 0 Å². The Bertz CT molecular complexity index is 281. The molecule has 3 nitrogen and oxygen atoms in total. The molecule has 70 valence electrons. The first-order valence-electron chi connectivity index (χ1n) is 5.15. The van der Waals surface area contributed by atoms with Gasteiger partial charge in [0.2, 0.25) is 0 Å². The maximum absolute atomic E-state index is 4.14. The molecular formula is C10H15N3. The van der Waals surface area contributed by atoms with Crippen LogP contribution in [0.3, 0.4) is 0 Å². The largest absolute Gasteiger partial charge is 0.318 e. The van der Waals surface area contributed by atoms with Gasteiger partial charge in [-0.3, -0.25) is 4.90 Å². The van der Waals surface area contributed by atoms with Crippen molar-refractivity contribution in [3.05, 3.63) is 18.7 Å². The van der Waals surface area contributed by atoms with E-state index in [0.717, 1.165) is 0 Å². The van der Waals surface area contributed by atoms with E-state index < -0.39 is 0 Å². The predicted octanol–water partition coefficient (Wildman–Crippen LogP) is 1.43. The van der Waals surface area contributed by atoms with E-state index in [-0.39, 0.29) is 0 Å². The van der Waals surface area contributed by atoms with Crippen LogP contribution >= 0.6 is 0 Å². The van der Waals surface area contributed by atoms with Crippen LogP contribution in [0.2, 0.25) is 0 Å². The van der Waals surface area contributed by atoms with Gasteiger partial charge in [-0.25, -0.2) is 4.98 Å². The minimum Gasteiger partial charge on any atom is -0.318 e. The monoisotopic (exact) mass is 177 g/mol. The topological polar surface area (TPSA) is 21.1 Å². The summed E-state index contributed by atoms with van der Waals surface area (Å²) < 4.78 is 2.29. The van der Waals surface area contributed by atoms with Crippen molar-refractivity contribution in [1.82, 2.24) is 14.5 Å². The average molecular weight is 177 g/mol. The first-order valence-corrected chi connectivity index (χ1v) is 5.15. The van der Waals surface area contributed by atoms with Crippen molar-refractivity contribution in [2.45, 2.75) is 31.3 Å². The molecule has 0 unspecified atom stereocenters. The molecule has 3 heteroatoms. The molecule has 1 aromatic rings. The minimum absolute atomic E-state index is 0.340. The van der Waals surface area contributed by atoms with Crippen LogP contribution in [-0.4, -0.2) is 27.5 Å². The first kappa shape index (κ1) is 7.56. The van der Waals surface area contributed by atoms with E-state index in [2.05, 4.69) is 20.6 Å². The molecule has 1 saturated carbocycles. The van der Waals surface area contributed by atoms with Gasteiger partial charge in [-0.05, 0) is 25.7 Å². The van der Waals surface area contributed by atoms with Crippen LogP contribution in [0.5, 0.6) is 0 Å². The van der Waals surface area contributed by atoms with Gasteiger partial charge in [-0.2, -0.15) is 0 Å². The van der Waals surface area contributed by atoms with E-state index in [9.17, 15) is 0 Å². The summed E-state index contributed by atoms with van der Waals surface area (Å²) in [5.41, 5.74) is 0.340. The lowest BCUT2D eigenvalue weighted by molar-refractivity contribution is 0.148. The van der Waals surface area contributed by atoms with Crippen molar-refractivity contribution in [1.29, 1.82) is 0 Å². The van der Waals surface area contributed by atoms with Gasteiger partial charge in [-0.1, -0.05) is 0 Å². The highest BCUT2D eigenvalue weighted by Crippen LogP contribution is 2.47. The summed E-state index contributed by atoms with van der Waals surface area (Å²) in [5, 5.41) is 0. The Hall–Kier alpha value is -0.830. The molecule has 3 rings (SSSR count). The van der Waals surface area contributed by atoms with Gasteiger partial charge in [0.15, 0.2) is 0 Å². The SMILES string of the molecule is c1cn(C2(N3CCCC3)CC2)cn1. The number of rotatable bonds is 2. The van der Waals surface area contributed by atoms with Gasteiger partial charge >= 0.3 is 0 Å². The van der Waals surface area contributed by atoms with Crippen LogP contribution in [0.15, 0.2) is 18.7 Å². The third-order valence-electron chi connectivity index (χ3n) is 3.38. The van der Waals surface area contributed by atoms with Crippen LogP contribution in [0.1, 0.15) is 25.7 Å². The van der Waals surface area contributed by atoms with E-state index in [1.54, 1.807) is 0 Å². The Morgan fingerprint density at radius 2 is 1.92 bits per heavy atom. The minimum atomic E-state index is 0.340. The lowest BCUT2D eigenvalue weighted by atomic mass is 10.4. The van der Waals surface area contributed by atoms with Crippen molar-refractivity contribution in [3.63, 3.8) is 0 Å². The molecule has 0 N–H and O–H groups in total. The quantitative estimate of drug-likeness (QED) is 0.681. The van der Waals surface area contributed by atoms with Crippen LogP contribution in [0.4, 0.5) is 0 Å². The number of hydrogen-bond donors (Lipinski definition) is 0. The third-order valence-corrected chi connectivity index (χ3v) is 3.38. The molecular weight excluding hydrogens is 162 g/mol. The maximum atomic E-state index is 4.14. The van der Waals surface area contributed by atoms with E-state index in [1.807, 2.05) is 12.5 Å². The van der Waals surface area contributed by atoms with Gasteiger partial charge in [-0.15, -0.1) is 0 Å². The molecule has 0 atom stereocenters. The molecule has 0 spiro atoms. The second-order valence-corrected chi connectivity index (χ2v) is 4.15. The first-order chi connectivity index (χ1) is 6.42. The zero-order chi connectivity index (χ0) is 8.73. The second kappa shape index (κ2) is 2.58. The molecule has 0 radical (unpaired) electrons. The Morgan fingerprint density at radius 3 is 2.46 bits per heavy atom. The zero-order valence-corrected chi connectivity index (χ0v) is 7.82. The molecule has 1 aliphatic carbocycles. The zero-order valence-electron chi connectivity index (χ0n) is 7.82. The number of likely N-dealkylation sites (tertiary alicyclic amines) is 1.